The van der Waals surface area contributed by atoms with Crippen molar-refractivity contribution in [3.63, 3.8) is 0 Å². The van der Waals surface area contributed by atoms with Gasteiger partial charge >= 0.3 is 0 Å². The van der Waals surface area contributed by atoms with Gasteiger partial charge in [-0.3, -0.25) is 4.79 Å². The van der Waals surface area contributed by atoms with Crippen LogP contribution in [0.15, 0.2) is 96.1 Å². The van der Waals surface area contributed by atoms with Gasteiger partial charge in [-0.2, -0.15) is 5.10 Å². The summed E-state index contributed by atoms with van der Waals surface area (Å²) in [4.78, 5) is 12.4. The Balaban J connectivity index is 1.84. The van der Waals surface area contributed by atoms with Gasteiger partial charge in [0.15, 0.2) is 0 Å². The van der Waals surface area contributed by atoms with E-state index < -0.39 is 0 Å². The number of allylic oxidation sites excluding steroid dienone is 1. The molecule has 0 aliphatic heterocycles. The van der Waals surface area contributed by atoms with E-state index in [2.05, 4.69) is 33.1 Å². The van der Waals surface area contributed by atoms with E-state index in [1.54, 1.807) is 6.07 Å². The van der Waals surface area contributed by atoms with Crippen LogP contribution in [-0.2, 0) is 0 Å². The molecule has 0 radical (unpaired) electrons. The van der Waals surface area contributed by atoms with Crippen LogP contribution in [0.25, 0.3) is 6.08 Å². The molecule has 3 aromatic rings. The van der Waals surface area contributed by atoms with Crippen molar-refractivity contribution in [2.45, 2.75) is 0 Å². The van der Waals surface area contributed by atoms with Gasteiger partial charge in [0.2, 0.25) is 0 Å². The Morgan fingerprint density at radius 1 is 0.846 bits per heavy atom. The molecule has 0 spiro atoms. The number of hydrogen-bond acceptors (Lipinski definition) is 2. The molecule has 0 heterocycles. The van der Waals surface area contributed by atoms with Crippen LogP contribution in [0.4, 0.5) is 0 Å². The lowest BCUT2D eigenvalue weighted by Crippen LogP contribution is -2.19. The van der Waals surface area contributed by atoms with Crippen LogP contribution >= 0.6 is 22.6 Å². The number of nitrogens with one attached hydrogen (secondary N) is 1. The summed E-state index contributed by atoms with van der Waals surface area (Å²) in [5, 5.41) is 4.34. The van der Waals surface area contributed by atoms with E-state index in [0.717, 1.165) is 14.7 Å². The van der Waals surface area contributed by atoms with E-state index in [0.29, 0.717) is 11.3 Å². The van der Waals surface area contributed by atoms with Gasteiger partial charge in [-0.15, -0.1) is 0 Å². The minimum atomic E-state index is -0.231. The van der Waals surface area contributed by atoms with Crippen LogP contribution in [-0.4, -0.2) is 11.6 Å². The molecule has 128 valence electrons. The zero-order valence-corrected chi connectivity index (χ0v) is 16.1. The van der Waals surface area contributed by atoms with Crippen molar-refractivity contribution < 1.29 is 4.79 Å². The fourth-order valence-electron chi connectivity index (χ4n) is 2.35. The summed E-state index contributed by atoms with van der Waals surface area (Å²) in [6.45, 7) is 0. The molecule has 0 saturated heterocycles. The predicted octanol–water partition coefficient (Wildman–Crippen LogP) is 5.14. The molecule has 0 aromatic heterocycles. The first-order valence-corrected chi connectivity index (χ1v) is 9.22. The van der Waals surface area contributed by atoms with Gasteiger partial charge in [-0.1, -0.05) is 72.8 Å². The van der Waals surface area contributed by atoms with Crippen molar-refractivity contribution in [1.82, 2.24) is 5.43 Å². The summed E-state index contributed by atoms with van der Waals surface area (Å²) in [6, 6.07) is 27.2. The molecule has 1 amide bonds. The van der Waals surface area contributed by atoms with Crippen molar-refractivity contribution in [2.75, 3.05) is 0 Å². The number of halogens is 1. The number of benzene rings is 3. The zero-order valence-electron chi connectivity index (χ0n) is 14.0. The molecule has 1 N–H and O–H groups in total. The summed E-state index contributed by atoms with van der Waals surface area (Å²) < 4.78 is 1.01. The zero-order chi connectivity index (χ0) is 18.2. The molecular weight excluding hydrogens is 435 g/mol. The lowest BCUT2D eigenvalue weighted by molar-refractivity contribution is 0.0955. The second kappa shape index (κ2) is 9.10. The number of nitrogens with zero attached hydrogens (tertiary/aromatic N) is 1. The molecule has 3 nitrogen and oxygen atoms in total. The van der Waals surface area contributed by atoms with Gasteiger partial charge in [-0.25, -0.2) is 5.43 Å². The lowest BCUT2D eigenvalue weighted by atomic mass is 10.1. The van der Waals surface area contributed by atoms with E-state index in [9.17, 15) is 4.79 Å². The Hall–Kier alpha value is -2.73. The molecule has 0 aliphatic rings. The van der Waals surface area contributed by atoms with Crippen molar-refractivity contribution in [3.05, 3.63) is 111 Å². The molecule has 0 saturated carbocycles. The fraction of sp³-hybridized carbons (Fsp3) is 0. The largest absolute Gasteiger partial charge is 0.271 e. The summed E-state index contributed by atoms with van der Waals surface area (Å²) in [5.41, 5.74) is 5.93. The average molecular weight is 452 g/mol. The molecule has 3 aromatic carbocycles. The number of hydrogen-bond donors (Lipinski definition) is 1. The van der Waals surface area contributed by atoms with Crippen LogP contribution in [0.1, 0.15) is 21.5 Å². The first kappa shape index (κ1) is 18.1. The molecular formula is C22H17IN2O. The third kappa shape index (κ3) is 5.13. The normalized spacial score (nSPS) is 11.5. The minimum Gasteiger partial charge on any atom is -0.267 e. The van der Waals surface area contributed by atoms with Crippen LogP contribution in [0.2, 0.25) is 0 Å². The van der Waals surface area contributed by atoms with E-state index in [-0.39, 0.29) is 5.91 Å². The van der Waals surface area contributed by atoms with E-state index in [1.165, 1.54) is 0 Å². The van der Waals surface area contributed by atoms with Crippen LogP contribution in [0.5, 0.6) is 0 Å². The van der Waals surface area contributed by atoms with Crippen LogP contribution in [0.3, 0.4) is 0 Å². The second-order valence-electron chi connectivity index (χ2n) is 5.56. The predicted molar refractivity (Wildman–Crippen MR) is 115 cm³/mol. The van der Waals surface area contributed by atoms with Gasteiger partial charge in [0.1, 0.15) is 0 Å². The topological polar surface area (TPSA) is 41.5 Å². The first-order chi connectivity index (χ1) is 12.7. The maximum absolute atomic E-state index is 12.4. The van der Waals surface area contributed by atoms with E-state index in [4.69, 9.17) is 0 Å². The third-order valence-corrected chi connectivity index (χ3v) is 4.34. The number of hydrazone groups is 1. The number of rotatable bonds is 5. The number of amides is 1. The highest BCUT2D eigenvalue weighted by molar-refractivity contribution is 14.1. The van der Waals surface area contributed by atoms with E-state index >= 15 is 0 Å². The summed E-state index contributed by atoms with van der Waals surface area (Å²) >= 11 is 2.18. The highest BCUT2D eigenvalue weighted by Gasteiger charge is 2.06. The molecule has 3 rings (SSSR count). The monoisotopic (exact) mass is 452 g/mol. The highest BCUT2D eigenvalue weighted by Crippen LogP contribution is 2.09. The smallest absolute Gasteiger partial charge is 0.267 e. The maximum atomic E-state index is 12.4. The van der Waals surface area contributed by atoms with Crippen molar-refractivity contribution >= 4 is 40.3 Å². The van der Waals surface area contributed by atoms with E-state index in [1.807, 2.05) is 91.0 Å². The molecule has 4 heteroatoms. The van der Waals surface area contributed by atoms with Crippen molar-refractivity contribution in [1.29, 1.82) is 0 Å². The standard InChI is InChI=1S/C22H17IN2O/c23-20-13-7-12-19(16-20)22(26)25-24-21(18-10-5-2-6-11-18)15-14-17-8-3-1-4-9-17/h1-16H,(H,25,26)/b15-14+,24-21-. The first-order valence-electron chi connectivity index (χ1n) is 8.14. The summed E-state index contributed by atoms with van der Waals surface area (Å²) in [5.74, 6) is -0.231. The minimum absolute atomic E-state index is 0.231. The van der Waals surface area contributed by atoms with Crippen molar-refractivity contribution in [2.24, 2.45) is 5.10 Å². The summed E-state index contributed by atoms with van der Waals surface area (Å²) in [6.07, 6.45) is 3.88. The van der Waals surface area contributed by atoms with Crippen molar-refractivity contribution in [3.8, 4) is 0 Å². The maximum Gasteiger partial charge on any atom is 0.271 e. The Kier molecular flexibility index (Phi) is 6.33. The molecule has 0 aliphatic carbocycles. The Labute approximate surface area is 166 Å². The summed E-state index contributed by atoms with van der Waals surface area (Å²) in [7, 11) is 0. The van der Waals surface area contributed by atoms with Gasteiger partial charge < -0.3 is 0 Å². The van der Waals surface area contributed by atoms with Gasteiger partial charge in [0.25, 0.3) is 5.91 Å². The number of carbonyl (C=O) groups is 1. The second-order valence-corrected chi connectivity index (χ2v) is 6.80. The average Bonchev–Trinajstić information content (AvgIpc) is 2.69. The third-order valence-electron chi connectivity index (χ3n) is 3.67. The molecule has 0 fully saturated rings. The van der Waals surface area contributed by atoms with Crippen LogP contribution in [0, 0.1) is 3.57 Å². The SMILES string of the molecule is O=C(N/N=C(/C=C/c1ccccc1)c1ccccc1)c1cccc(I)c1. The van der Waals surface area contributed by atoms with Gasteiger partial charge in [-0.05, 0) is 52.4 Å². The molecule has 0 atom stereocenters. The van der Waals surface area contributed by atoms with Gasteiger partial charge in [0, 0.05) is 14.7 Å². The Bertz CT molecular complexity index is 935. The highest BCUT2D eigenvalue weighted by atomic mass is 127. The Morgan fingerprint density at radius 2 is 1.50 bits per heavy atom. The fourth-order valence-corrected chi connectivity index (χ4v) is 2.89. The molecule has 0 bridgehead atoms. The molecule has 0 unspecified atom stereocenters. The molecule has 26 heavy (non-hydrogen) atoms. The quantitative estimate of drug-likeness (QED) is 0.325. The van der Waals surface area contributed by atoms with Gasteiger partial charge in [0.05, 0.1) is 5.71 Å². The number of carbonyl (C=O) groups excluding carboxylic acids is 1. The Morgan fingerprint density at radius 3 is 2.19 bits per heavy atom. The lowest BCUT2D eigenvalue weighted by Gasteiger charge is -2.04. The van der Waals surface area contributed by atoms with Crippen LogP contribution < -0.4 is 5.43 Å².